The highest BCUT2D eigenvalue weighted by atomic mass is 35.5. The van der Waals surface area contributed by atoms with E-state index < -0.39 is 22.5 Å². The third-order valence-corrected chi connectivity index (χ3v) is 5.08. The lowest BCUT2D eigenvalue weighted by Crippen LogP contribution is -2.23. The first-order chi connectivity index (χ1) is 16.2. The average Bonchev–Trinajstić information content (AvgIpc) is 3.20. The van der Waals surface area contributed by atoms with E-state index in [9.17, 15) is 18.0 Å². The maximum Gasteiger partial charge on any atom is 0.417 e. The van der Waals surface area contributed by atoms with Crippen molar-refractivity contribution in [3.8, 4) is 17.4 Å². The Hall–Kier alpha value is -3.79. The third kappa shape index (κ3) is 5.76. The summed E-state index contributed by atoms with van der Waals surface area (Å²) in [6.07, 6.45) is 0.500. The van der Waals surface area contributed by atoms with Crippen LogP contribution in [-0.4, -0.2) is 19.3 Å². The summed E-state index contributed by atoms with van der Waals surface area (Å²) in [7, 11) is 1.79. The Balaban J connectivity index is 1.36. The highest BCUT2D eigenvalue weighted by Gasteiger charge is 2.33. The zero-order valence-electron chi connectivity index (χ0n) is 17.8. The summed E-state index contributed by atoms with van der Waals surface area (Å²) in [6, 6.07) is 11.5. The molecule has 4 aromatic rings. The monoisotopic (exact) mass is 490 g/mol. The van der Waals surface area contributed by atoms with Crippen LogP contribution in [0, 0.1) is 0 Å². The van der Waals surface area contributed by atoms with Gasteiger partial charge in [0.25, 0.3) is 0 Å². The van der Waals surface area contributed by atoms with Gasteiger partial charge in [0.15, 0.2) is 0 Å². The van der Waals surface area contributed by atoms with Crippen molar-refractivity contribution in [2.75, 3.05) is 0 Å². The van der Waals surface area contributed by atoms with Crippen molar-refractivity contribution in [3.63, 3.8) is 0 Å². The molecule has 0 aliphatic carbocycles. The number of ether oxygens (including phenoxy) is 2. The smallest absolute Gasteiger partial charge is 0.417 e. The minimum absolute atomic E-state index is 0.0109. The van der Waals surface area contributed by atoms with Crippen LogP contribution in [0.1, 0.15) is 16.7 Å². The number of aryl methyl sites for hydroxylation is 1. The molecule has 2 heterocycles. The predicted octanol–water partition coefficient (Wildman–Crippen LogP) is 5.07. The van der Waals surface area contributed by atoms with E-state index in [1.165, 1.54) is 10.6 Å². The molecule has 0 radical (unpaired) electrons. The molecule has 0 bridgehead atoms. The maximum atomic E-state index is 13.0. The molecule has 2 aromatic heterocycles. The molecule has 34 heavy (non-hydrogen) atoms. The molecule has 0 aliphatic heterocycles. The molecule has 0 amide bonds. The highest BCUT2D eigenvalue weighted by molar-refractivity contribution is 6.31. The Labute approximate surface area is 197 Å². The molecule has 0 N–H and O–H groups in total. The first-order valence-corrected chi connectivity index (χ1v) is 10.4. The molecule has 0 saturated carbocycles. The highest BCUT2D eigenvalue weighted by Crippen LogP contribution is 2.37. The van der Waals surface area contributed by atoms with Gasteiger partial charge >= 0.3 is 11.9 Å². The van der Waals surface area contributed by atoms with E-state index in [0.29, 0.717) is 12.3 Å². The van der Waals surface area contributed by atoms with Crippen LogP contribution >= 0.6 is 11.6 Å². The largest absolute Gasteiger partial charge is 0.473 e. The lowest BCUT2D eigenvalue weighted by Gasteiger charge is -2.12. The Morgan fingerprint density at radius 1 is 1.03 bits per heavy atom. The molecule has 2 aromatic carbocycles. The van der Waals surface area contributed by atoms with Gasteiger partial charge in [0, 0.05) is 31.1 Å². The first-order valence-electron chi connectivity index (χ1n) is 9.99. The second-order valence-corrected chi connectivity index (χ2v) is 7.78. The second-order valence-electron chi connectivity index (χ2n) is 7.37. The van der Waals surface area contributed by atoms with E-state index in [0.717, 1.165) is 23.3 Å². The molecule has 176 valence electrons. The molecular formula is C23H18ClF3N4O3. The van der Waals surface area contributed by atoms with Crippen LogP contribution in [-0.2, 0) is 26.4 Å². The Morgan fingerprint density at radius 3 is 2.41 bits per heavy atom. The van der Waals surface area contributed by atoms with Crippen molar-refractivity contribution < 1.29 is 22.6 Å². The van der Waals surface area contributed by atoms with Gasteiger partial charge in [-0.15, -0.1) is 0 Å². The van der Waals surface area contributed by atoms with Crippen molar-refractivity contribution in [2.24, 2.45) is 7.05 Å². The zero-order chi connectivity index (χ0) is 24.3. The number of alkyl halides is 3. The SMILES string of the molecule is Cn1cc(Cn2ccc(OCc3ccc(Oc4ccc(Cl)c(C(F)(F)F)c4)cc3)nc2=O)cn1. The Kier molecular flexibility index (Phi) is 6.60. The summed E-state index contributed by atoms with van der Waals surface area (Å²) < 4.78 is 53.2. The van der Waals surface area contributed by atoms with Crippen LogP contribution in [0.25, 0.3) is 0 Å². The fourth-order valence-corrected chi connectivity index (χ4v) is 3.32. The van der Waals surface area contributed by atoms with Gasteiger partial charge in [0.1, 0.15) is 18.1 Å². The van der Waals surface area contributed by atoms with Crippen LogP contribution in [0.2, 0.25) is 5.02 Å². The molecule has 7 nitrogen and oxygen atoms in total. The van der Waals surface area contributed by atoms with Crippen LogP contribution in [0.4, 0.5) is 13.2 Å². The third-order valence-electron chi connectivity index (χ3n) is 4.75. The minimum Gasteiger partial charge on any atom is -0.473 e. The molecule has 0 fully saturated rings. The predicted molar refractivity (Wildman–Crippen MR) is 118 cm³/mol. The molecule has 0 saturated heterocycles. The zero-order valence-corrected chi connectivity index (χ0v) is 18.5. The van der Waals surface area contributed by atoms with Crippen molar-refractivity contribution in [1.82, 2.24) is 19.3 Å². The van der Waals surface area contributed by atoms with E-state index in [1.807, 2.05) is 6.20 Å². The lowest BCUT2D eigenvalue weighted by atomic mass is 10.2. The maximum absolute atomic E-state index is 13.0. The van der Waals surface area contributed by atoms with Gasteiger partial charge in [-0.3, -0.25) is 9.25 Å². The fraction of sp³-hybridized carbons (Fsp3) is 0.174. The van der Waals surface area contributed by atoms with Crippen LogP contribution in [0.15, 0.2) is 71.9 Å². The topological polar surface area (TPSA) is 71.2 Å². The number of benzene rings is 2. The van der Waals surface area contributed by atoms with E-state index in [-0.39, 0.29) is 18.2 Å². The van der Waals surface area contributed by atoms with Crippen molar-refractivity contribution in [2.45, 2.75) is 19.3 Å². The molecule has 0 atom stereocenters. The van der Waals surface area contributed by atoms with Gasteiger partial charge in [-0.1, -0.05) is 23.7 Å². The van der Waals surface area contributed by atoms with Gasteiger partial charge in [-0.05, 0) is 35.9 Å². The van der Waals surface area contributed by atoms with Crippen LogP contribution in [0.3, 0.4) is 0 Å². The van der Waals surface area contributed by atoms with Crippen molar-refractivity contribution >= 4 is 11.6 Å². The molecule has 4 rings (SSSR count). The number of rotatable bonds is 7. The lowest BCUT2D eigenvalue weighted by molar-refractivity contribution is -0.137. The van der Waals surface area contributed by atoms with E-state index in [4.69, 9.17) is 21.1 Å². The second kappa shape index (κ2) is 9.60. The Bertz CT molecular complexity index is 1350. The summed E-state index contributed by atoms with van der Waals surface area (Å²) in [6.45, 7) is 0.484. The summed E-state index contributed by atoms with van der Waals surface area (Å²) in [4.78, 5) is 16.2. The van der Waals surface area contributed by atoms with Gasteiger partial charge < -0.3 is 9.47 Å². The number of hydrogen-bond acceptors (Lipinski definition) is 5. The van der Waals surface area contributed by atoms with Gasteiger partial charge in [-0.25, -0.2) is 4.79 Å². The fourth-order valence-electron chi connectivity index (χ4n) is 3.10. The number of hydrogen-bond donors (Lipinski definition) is 0. The summed E-state index contributed by atoms with van der Waals surface area (Å²) >= 11 is 5.63. The molecular weight excluding hydrogens is 473 g/mol. The quantitative estimate of drug-likeness (QED) is 0.362. The van der Waals surface area contributed by atoms with E-state index in [1.54, 1.807) is 54.5 Å². The van der Waals surface area contributed by atoms with Gasteiger partial charge in [0.05, 0.1) is 23.3 Å². The summed E-state index contributed by atoms with van der Waals surface area (Å²) in [5, 5.41) is 3.67. The molecule has 0 spiro atoms. The standard InChI is InChI=1S/C23H18ClF3N4O3/c1-30-12-16(11-28-30)13-31-9-8-21(29-22(31)32)33-14-15-2-4-17(5-3-15)34-18-6-7-20(24)19(10-18)23(25,26)27/h2-12H,13-14H2,1H3. The van der Waals surface area contributed by atoms with E-state index in [2.05, 4.69) is 10.1 Å². The van der Waals surface area contributed by atoms with E-state index >= 15 is 0 Å². The van der Waals surface area contributed by atoms with Crippen LogP contribution < -0.4 is 15.2 Å². The Morgan fingerprint density at radius 2 is 1.76 bits per heavy atom. The summed E-state index contributed by atoms with van der Waals surface area (Å²) in [5.74, 6) is 0.528. The van der Waals surface area contributed by atoms with Crippen molar-refractivity contribution in [1.29, 1.82) is 0 Å². The first kappa shape index (κ1) is 23.4. The van der Waals surface area contributed by atoms with Crippen molar-refractivity contribution in [3.05, 3.63) is 99.3 Å². The normalized spacial score (nSPS) is 11.4. The van der Waals surface area contributed by atoms with Crippen LogP contribution in [0.5, 0.6) is 17.4 Å². The number of nitrogens with zero attached hydrogens (tertiary/aromatic N) is 4. The summed E-state index contributed by atoms with van der Waals surface area (Å²) in [5.41, 5.74) is 0.203. The number of halogens is 4. The molecule has 11 heteroatoms. The van der Waals surface area contributed by atoms with Gasteiger partial charge in [0.2, 0.25) is 5.88 Å². The number of aromatic nitrogens is 4. The molecule has 0 aliphatic rings. The molecule has 0 unspecified atom stereocenters. The average molecular weight is 491 g/mol. The minimum atomic E-state index is -4.58. The van der Waals surface area contributed by atoms with Gasteiger partial charge in [-0.2, -0.15) is 23.3 Å².